The third-order valence-electron chi connectivity index (χ3n) is 4.45. The quantitative estimate of drug-likeness (QED) is 0.855. The molecule has 2 aromatic heterocycles. The molecule has 2 aromatic rings. The first-order valence-corrected chi connectivity index (χ1v) is 9.63. The van der Waals surface area contributed by atoms with Crippen molar-refractivity contribution in [2.24, 2.45) is 0 Å². The van der Waals surface area contributed by atoms with Crippen LogP contribution in [0, 0.1) is 6.92 Å². The average molecular weight is 342 g/mol. The van der Waals surface area contributed by atoms with Crippen molar-refractivity contribution >= 4 is 26.4 Å². The van der Waals surface area contributed by atoms with Crippen LogP contribution in [-0.2, 0) is 15.6 Å². The van der Waals surface area contributed by atoms with E-state index in [9.17, 15) is 8.42 Å². The number of fused-ring (bicyclic) bond motifs is 1. The van der Waals surface area contributed by atoms with E-state index in [1.165, 1.54) is 4.31 Å². The minimum Gasteiger partial charge on any atom is -0.294 e. The molecule has 6 nitrogen and oxygen atoms in total. The van der Waals surface area contributed by atoms with Crippen LogP contribution in [0.15, 0.2) is 11.6 Å². The maximum Gasteiger partial charge on any atom is 0.281 e. The monoisotopic (exact) mass is 342 g/mol. The van der Waals surface area contributed by atoms with E-state index >= 15 is 0 Å². The number of aryl methyl sites for hydroxylation is 1. The Kier molecular flexibility index (Phi) is 3.83. The van der Waals surface area contributed by atoms with E-state index in [4.69, 9.17) is 4.98 Å². The van der Waals surface area contributed by atoms with Crippen LogP contribution in [0.1, 0.15) is 31.3 Å². The summed E-state index contributed by atoms with van der Waals surface area (Å²) in [7, 11) is -0.211. The zero-order chi connectivity index (χ0) is 16.1. The molecule has 0 aromatic carbocycles. The van der Waals surface area contributed by atoms with Gasteiger partial charge < -0.3 is 0 Å². The highest BCUT2D eigenvalue weighted by Gasteiger charge is 2.41. The molecule has 122 valence electrons. The zero-order valence-corrected chi connectivity index (χ0v) is 15.0. The van der Waals surface area contributed by atoms with Gasteiger partial charge in [-0.2, -0.15) is 17.0 Å². The molecular formula is C14H22N4O2S2. The zero-order valence-electron chi connectivity index (χ0n) is 13.4. The molecule has 3 rings (SSSR count). The molecule has 0 unspecified atom stereocenters. The van der Waals surface area contributed by atoms with Crippen molar-refractivity contribution in [3.05, 3.63) is 23.1 Å². The standard InChI is InChI=1S/C14H22N4O2S2/c1-11-15-12(13-18(11)8-9-21-13)14(2)6-5-7-17(10-14)22(19,20)16(3)4/h8-9H,5-7,10H2,1-4H3/t14-/m0/s1. The summed E-state index contributed by atoms with van der Waals surface area (Å²) < 4.78 is 29.9. The van der Waals surface area contributed by atoms with E-state index in [-0.39, 0.29) is 5.41 Å². The predicted molar refractivity (Wildman–Crippen MR) is 88.6 cm³/mol. The fourth-order valence-electron chi connectivity index (χ4n) is 3.18. The Morgan fingerprint density at radius 1 is 1.41 bits per heavy atom. The summed E-state index contributed by atoms with van der Waals surface area (Å²) >= 11 is 1.66. The van der Waals surface area contributed by atoms with E-state index in [2.05, 4.69) is 11.3 Å². The largest absolute Gasteiger partial charge is 0.294 e. The minimum absolute atomic E-state index is 0.244. The molecule has 0 spiro atoms. The lowest BCUT2D eigenvalue weighted by atomic mass is 9.80. The second-order valence-electron chi connectivity index (χ2n) is 6.37. The fraction of sp³-hybridized carbons (Fsp3) is 0.643. The molecule has 3 heterocycles. The van der Waals surface area contributed by atoms with Gasteiger partial charge in [-0.15, -0.1) is 11.3 Å². The van der Waals surface area contributed by atoms with Gasteiger partial charge in [0.2, 0.25) is 0 Å². The van der Waals surface area contributed by atoms with Gasteiger partial charge in [-0.05, 0) is 19.8 Å². The molecule has 1 aliphatic heterocycles. The third-order valence-corrected chi connectivity index (χ3v) is 7.21. The summed E-state index contributed by atoms with van der Waals surface area (Å²) in [5, 5.41) is 2.05. The van der Waals surface area contributed by atoms with Gasteiger partial charge in [0.15, 0.2) is 0 Å². The molecule has 0 aliphatic carbocycles. The van der Waals surface area contributed by atoms with E-state index < -0.39 is 10.2 Å². The summed E-state index contributed by atoms with van der Waals surface area (Å²) in [4.78, 5) is 5.87. The lowest BCUT2D eigenvalue weighted by molar-refractivity contribution is 0.229. The highest BCUT2D eigenvalue weighted by molar-refractivity contribution is 7.86. The third kappa shape index (κ3) is 2.38. The summed E-state index contributed by atoms with van der Waals surface area (Å²) in [5.41, 5.74) is 0.782. The Balaban J connectivity index is 2.01. The number of hydrogen-bond acceptors (Lipinski definition) is 4. The number of nitrogens with zero attached hydrogens (tertiary/aromatic N) is 4. The summed E-state index contributed by atoms with van der Waals surface area (Å²) in [5.74, 6) is 0.958. The lowest BCUT2D eigenvalue weighted by Gasteiger charge is -2.39. The predicted octanol–water partition coefficient (Wildman–Crippen LogP) is 1.86. The SMILES string of the molecule is Cc1nc([C@@]2(C)CCCN(S(=O)(=O)N(C)C)C2)c2sccn12. The minimum atomic E-state index is -3.38. The Bertz CT molecular complexity index is 793. The Morgan fingerprint density at radius 3 is 2.82 bits per heavy atom. The number of aromatic nitrogens is 2. The molecule has 0 bridgehead atoms. The molecule has 1 fully saturated rings. The van der Waals surface area contributed by atoms with Crippen molar-refractivity contribution < 1.29 is 8.42 Å². The second-order valence-corrected chi connectivity index (χ2v) is 9.41. The molecule has 0 N–H and O–H groups in total. The van der Waals surface area contributed by atoms with Crippen LogP contribution in [0.3, 0.4) is 0 Å². The van der Waals surface area contributed by atoms with Crippen LogP contribution in [0.25, 0.3) is 4.83 Å². The lowest BCUT2D eigenvalue weighted by Crippen LogP contribution is -2.50. The van der Waals surface area contributed by atoms with Crippen LogP contribution in [0.5, 0.6) is 0 Å². The van der Waals surface area contributed by atoms with Crippen molar-refractivity contribution in [1.29, 1.82) is 0 Å². The van der Waals surface area contributed by atoms with Crippen molar-refractivity contribution in [3.8, 4) is 0 Å². The number of rotatable bonds is 3. The van der Waals surface area contributed by atoms with Gasteiger partial charge in [0.25, 0.3) is 10.2 Å². The van der Waals surface area contributed by atoms with Crippen LogP contribution in [0.2, 0.25) is 0 Å². The Hall–Kier alpha value is -0.960. The second kappa shape index (κ2) is 5.30. The van der Waals surface area contributed by atoms with Gasteiger partial charge in [0, 0.05) is 44.2 Å². The van der Waals surface area contributed by atoms with Gasteiger partial charge in [0.05, 0.1) is 5.69 Å². The maximum atomic E-state index is 12.5. The molecule has 1 saturated heterocycles. The van der Waals surface area contributed by atoms with Crippen molar-refractivity contribution in [3.63, 3.8) is 0 Å². The normalized spacial score (nSPS) is 24.4. The number of imidazole rings is 1. The summed E-state index contributed by atoms with van der Waals surface area (Å²) in [6.45, 7) is 5.18. The Labute approximate surface area is 135 Å². The molecule has 1 atom stereocenters. The molecule has 22 heavy (non-hydrogen) atoms. The average Bonchev–Trinajstić information content (AvgIpc) is 3.03. The summed E-state index contributed by atoms with van der Waals surface area (Å²) in [6.07, 6.45) is 3.83. The van der Waals surface area contributed by atoms with E-state index in [0.717, 1.165) is 29.2 Å². The molecule has 1 aliphatic rings. The first-order valence-electron chi connectivity index (χ1n) is 7.36. The van der Waals surface area contributed by atoms with Gasteiger partial charge in [-0.1, -0.05) is 6.92 Å². The number of piperidine rings is 1. The Morgan fingerprint density at radius 2 is 2.14 bits per heavy atom. The molecule has 8 heteroatoms. The van der Waals surface area contributed by atoms with Crippen LogP contribution in [-0.4, -0.2) is 53.6 Å². The van der Waals surface area contributed by atoms with Gasteiger partial charge in [0.1, 0.15) is 10.7 Å². The van der Waals surface area contributed by atoms with E-state index in [1.54, 1.807) is 29.7 Å². The number of hydrogen-bond donors (Lipinski definition) is 0. The van der Waals surface area contributed by atoms with Crippen LogP contribution >= 0.6 is 11.3 Å². The molecule has 0 amide bonds. The smallest absolute Gasteiger partial charge is 0.281 e. The van der Waals surface area contributed by atoms with Gasteiger partial charge >= 0.3 is 0 Å². The molecule has 0 saturated carbocycles. The van der Waals surface area contributed by atoms with Crippen LogP contribution in [0.4, 0.5) is 0 Å². The first-order chi connectivity index (χ1) is 10.3. The van der Waals surface area contributed by atoms with Crippen molar-refractivity contribution in [1.82, 2.24) is 18.0 Å². The molecule has 0 radical (unpaired) electrons. The van der Waals surface area contributed by atoms with Gasteiger partial charge in [-0.3, -0.25) is 4.40 Å². The van der Waals surface area contributed by atoms with Gasteiger partial charge in [-0.25, -0.2) is 4.98 Å². The summed E-state index contributed by atoms with van der Waals surface area (Å²) in [6, 6.07) is 0. The highest BCUT2D eigenvalue weighted by atomic mass is 32.2. The van der Waals surface area contributed by atoms with Crippen molar-refractivity contribution in [2.75, 3.05) is 27.2 Å². The first kappa shape index (κ1) is 15.9. The van der Waals surface area contributed by atoms with E-state index in [0.29, 0.717) is 13.1 Å². The topological polar surface area (TPSA) is 57.9 Å². The fourth-order valence-corrected chi connectivity index (χ4v) is 5.47. The number of thiazole rings is 1. The van der Waals surface area contributed by atoms with Crippen molar-refractivity contribution in [2.45, 2.75) is 32.1 Å². The maximum absolute atomic E-state index is 12.5. The van der Waals surface area contributed by atoms with Crippen LogP contribution < -0.4 is 0 Å². The highest BCUT2D eigenvalue weighted by Crippen LogP contribution is 2.38. The van der Waals surface area contributed by atoms with E-state index in [1.807, 2.05) is 18.5 Å². The molecular weight excluding hydrogens is 320 g/mol.